The van der Waals surface area contributed by atoms with Gasteiger partial charge in [-0.25, -0.2) is 9.97 Å². The summed E-state index contributed by atoms with van der Waals surface area (Å²) < 4.78 is 1.13. The lowest BCUT2D eigenvalue weighted by Crippen LogP contribution is -1.97. The van der Waals surface area contributed by atoms with Crippen molar-refractivity contribution in [2.24, 2.45) is 0 Å². The van der Waals surface area contributed by atoms with Crippen molar-refractivity contribution in [3.05, 3.63) is 35.5 Å². The van der Waals surface area contributed by atoms with Gasteiger partial charge in [0.1, 0.15) is 5.82 Å². The fourth-order valence-corrected chi connectivity index (χ4v) is 2.47. The summed E-state index contributed by atoms with van der Waals surface area (Å²) in [5, 5.41) is 2.02. The molecule has 0 aromatic carbocycles. The quantitative estimate of drug-likeness (QED) is 0.712. The van der Waals surface area contributed by atoms with E-state index in [0.29, 0.717) is 11.6 Å². The zero-order valence-electron chi connectivity index (χ0n) is 9.21. The Morgan fingerprint density at radius 2 is 2.12 bits per heavy atom. The lowest BCUT2D eigenvalue weighted by molar-refractivity contribution is 1.12. The molecule has 5 heteroatoms. The second-order valence-corrected chi connectivity index (χ2v) is 4.73. The molecule has 3 heterocycles. The van der Waals surface area contributed by atoms with E-state index in [1.54, 1.807) is 23.6 Å². The molecular formula is C12H10N4S. The van der Waals surface area contributed by atoms with Crippen molar-refractivity contribution in [1.82, 2.24) is 15.0 Å². The van der Waals surface area contributed by atoms with Gasteiger partial charge in [0.2, 0.25) is 0 Å². The normalized spacial score (nSPS) is 10.9. The van der Waals surface area contributed by atoms with Crippen LogP contribution >= 0.6 is 11.3 Å². The van der Waals surface area contributed by atoms with E-state index in [1.807, 2.05) is 24.4 Å². The second kappa shape index (κ2) is 3.78. The van der Waals surface area contributed by atoms with Crippen molar-refractivity contribution in [2.75, 3.05) is 5.73 Å². The molecule has 3 rings (SSSR count). The van der Waals surface area contributed by atoms with Crippen LogP contribution in [0, 0.1) is 6.92 Å². The Balaban J connectivity index is 2.19. The van der Waals surface area contributed by atoms with E-state index in [1.165, 1.54) is 0 Å². The maximum absolute atomic E-state index is 5.72. The zero-order chi connectivity index (χ0) is 11.8. The van der Waals surface area contributed by atoms with Gasteiger partial charge in [0.05, 0.1) is 10.2 Å². The number of hydrogen-bond donors (Lipinski definition) is 1. The first-order valence-corrected chi connectivity index (χ1v) is 6.05. The first-order chi connectivity index (χ1) is 8.22. The third-order valence-corrected chi connectivity index (χ3v) is 3.29. The molecule has 0 aliphatic heterocycles. The summed E-state index contributed by atoms with van der Waals surface area (Å²) in [5.74, 6) is 1.11. The third-order valence-electron chi connectivity index (χ3n) is 2.43. The number of nitrogens with two attached hydrogens (primary N) is 1. The van der Waals surface area contributed by atoms with Crippen LogP contribution in [0.15, 0.2) is 29.8 Å². The molecule has 0 aliphatic carbocycles. The van der Waals surface area contributed by atoms with Crippen LogP contribution in [0.2, 0.25) is 0 Å². The van der Waals surface area contributed by atoms with Crippen molar-refractivity contribution >= 4 is 27.4 Å². The Morgan fingerprint density at radius 1 is 1.24 bits per heavy atom. The molecule has 0 atom stereocenters. The summed E-state index contributed by atoms with van der Waals surface area (Å²) in [4.78, 5) is 13.0. The predicted octanol–water partition coefficient (Wildman–Crippen LogP) is 2.64. The van der Waals surface area contributed by atoms with Crippen LogP contribution in [0.1, 0.15) is 5.69 Å². The minimum absolute atomic E-state index is 0.485. The van der Waals surface area contributed by atoms with Crippen LogP contribution in [-0.2, 0) is 0 Å². The summed E-state index contributed by atoms with van der Waals surface area (Å²) in [6.45, 7) is 1.90. The number of anilines is 1. The van der Waals surface area contributed by atoms with E-state index in [9.17, 15) is 0 Å². The molecule has 3 aromatic heterocycles. The lowest BCUT2D eigenvalue weighted by Gasteiger charge is -2.02. The highest BCUT2D eigenvalue weighted by Crippen LogP contribution is 2.24. The number of nitrogen functional groups attached to an aromatic ring is 1. The van der Waals surface area contributed by atoms with Gasteiger partial charge in [0.15, 0.2) is 5.82 Å². The molecule has 0 amide bonds. The SMILES string of the molecule is Cc1cc(N)nc(-c2cnc3ccsc3c2)n1. The van der Waals surface area contributed by atoms with Gasteiger partial charge in [0.25, 0.3) is 0 Å². The standard InChI is InChI=1S/C12H10N4S/c1-7-4-11(13)16-12(15-7)8-5-10-9(14-6-8)2-3-17-10/h2-6H,1H3,(H2,13,15,16). The van der Waals surface area contributed by atoms with Gasteiger partial charge >= 0.3 is 0 Å². The first kappa shape index (κ1) is 10.2. The Hall–Kier alpha value is -2.01. The number of fused-ring (bicyclic) bond motifs is 1. The summed E-state index contributed by atoms with van der Waals surface area (Å²) in [6.07, 6.45) is 1.78. The Bertz CT molecular complexity index is 670. The van der Waals surface area contributed by atoms with Gasteiger partial charge in [-0.3, -0.25) is 4.98 Å². The molecule has 0 aliphatic rings. The molecule has 84 valence electrons. The zero-order valence-corrected chi connectivity index (χ0v) is 10.0. The second-order valence-electron chi connectivity index (χ2n) is 3.79. The highest BCUT2D eigenvalue weighted by Gasteiger charge is 2.06. The maximum atomic E-state index is 5.72. The summed E-state index contributed by atoms with van der Waals surface area (Å²) >= 11 is 1.66. The minimum atomic E-state index is 0.485. The molecule has 17 heavy (non-hydrogen) atoms. The van der Waals surface area contributed by atoms with E-state index in [-0.39, 0.29) is 0 Å². The van der Waals surface area contributed by atoms with Gasteiger partial charge in [-0.2, -0.15) is 0 Å². The van der Waals surface area contributed by atoms with Gasteiger partial charge in [-0.05, 0) is 24.4 Å². The van der Waals surface area contributed by atoms with Gasteiger partial charge in [-0.15, -0.1) is 11.3 Å². The molecule has 0 spiro atoms. The molecule has 0 radical (unpaired) electrons. The summed E-state index contributed by atoms with van der Waals surface area (Å²) in [5.41, 5.74) is 8.48. The lowest BCUT2D eigenvalue weighted by atomic mass is 10.2. The number of aromatic nitrogens is 3. The number of rotatable bonds is 1. The number of thiophene rings is 1. The average molecular weight is 242 g/mol. The predicted molar refractivity (Wildman–Crippen MR) is 69.8 cm³/mol. The van der Waals surface area contributed by atoms with Gasteiger partial charge < -0.3 is 5.73 Å². The molecule has 3 aromatic rings. The topological polar surface area (TPSA) is 64.7 Å². The molecular weight excluding hydrogens is 232 g/mol. The fraction of sp³-hybridized carbons (Fsp3) is 0.0833. The van der Waals surface area contributed by atoms with Crippen LogP contribution in [0.5, 0.6) is 0 Å². The fourth-order valence-electron chi connectivity index (χ4n) is 1.69. The summed E-state index contributed by atoms with van der Waals surface area (Å²) in [7, 11) is 0. The van der Waals surface area contributed by atoms with Crippen LogP contribution in [0.3, 0.4) is 0 Å². The number of pyridine rings is 1. The molecule has 2 N–H and O–H groups in total. The third kappa shape index (κ3) is 1.85. The number of hydrogen-bond acceptors (Lipinski definition) is 5. The van der Waals surface area contributed by atoms with Crippen LogP contribution < -0.4 is 5.73 Å². The average Bonchev–Trinajstić information content (AvgIpc) is 2.74. The van der Waals surface area contributed by atoms with Gasteiger partial charge in [-0.1, -0.05) is 0 Å². The van der Waals surface area contributed by atoms with Crippen molar-refractivity contribution in [3.8, 4) is 11.4 Å². The largest absolute Gasteiger partial charge is 0.384 e. The summed E-state index contributed by atoms with van der Waals surface area (Å²) in [6, 6.07) is 5.79. The van der Waals surface area contributed by atoms with E-state index in [2.05, 4.69) is 15.0 Å². The monoisotopic (exact) mass is 242 g/mol. The first-order valence-electron chi connectivity index (χ1n) is 5.17. The Labute approximate surface area is 102 Å². The number of nitrogens with zero attached hydrogens (tertiary/aromatic N) is 3. The smallest absolute Gasteiger partial charge is 0.163 e. The molecule has 0 fully saturated rings. The Morgan fingerprint density at radius 3 is 2.94 bits per heavy atom. The molecule has 0 unspecified atom stereocenters. The van der Waals surface area contributed by atoms with Crippen molar-refractivity contribution in [3.63, 3.8) is 0 Å². The van der Waals surface area contributed by atoms with Crippen LogP contribution in [-0.4, -0.2) is 15.0 Å². The van der Waals surface area contributed by atoms with Crippen molar-refractivity contribution in [2.45, 2.75) is 6.92 Å². The Kier molecular flexibility index (Phi) is 2.26. The van der Waals surface area contributed by atoms with E-state index < -0.39 is 0 Å². The van der Waals surface area contributed by atoms with E-state index >= 15 is 0 Å². The molecule has 4 nitrogen and oxygen atoms in total. The van der Waals surface area contributed by atoms with Crippen LogP contribution in [0.25, 0.3) is 21.6 Å². The van der Waals surface area contributed by atoms with Crippen molar-refractivity contribution < 1.29 is 0 Å². The van der Waals surface area contributed by atoms with E-state index in [0.717, 1.165) is 21.5 Å². The van der Waals surface area contributed by atoms with E-state index in [4.69, 9.17) is 5.73 Å². The highest BCUT2D eigenvalue weighted by atomic mass is 32.1. The molecule has 0 saturated heterocycles. The maximum Gasteiger partial charge on any atom is 0.163 e. The van der Waals surface area contributed by atoms with Gasteiger partial charge in [0, 0.05) is 23.5 Å². The molecule has 0 saturated carbocycles. The number of aryl methyl sites for hydroxylation is 1. The minimum Gasteiger partial charge on any atom is -0.384 e. The van der Waals surface area contributed by atoms with Crippen molar-refractivity contribution in [1.29, 1.82) is 0 Å². The van der Waals surface area contributed by atoms with Crippen LogP contribution in [0.4, 0.5) is 5.82 Å². The highest BCUT2D eigenvalue weighted by molar-refractivity contribution is 7.17. The molecule has 0 bridgehead atoms.